The van der Waals surface area contributed by atoms with E-state index in [0.717, 1.165) is 43.0 Å². The van der Waals surface area contributed by atoms with Crippen molar-refractivity contribution in [2.45, 2.75) is 38.6 Å². The maximum Gasteiger partial charge on any atom is 0.259 e. The summed E-state index contributed by atoms with van der Waals surface area (Å²) in [7, 11) is 3.07. The van der Waals surface area contributed by atoms with E-state index in [1.807, 2.05) is 24.3 Å². The molecule has 0 bridgehead atoms. The van der Waals surface area contributed by atoms with Gasteiger partial charge < -0.3 is 19.4 Å². The maximum atomic E-state index is 12.8. The summed E-state index contributed by atoms with van der Waals surface area (Å²) in [4.78, 5) is 12.8. The predicted molar refractivity (Wildman–Crippen MR) is 115 cm³/mol. The summed E-state index contributed by atoms with van der Waals surface area (Å²) in [6, 6.07) is 12.9. The second kappa shape index (κ2) is 8.98. The number of nitrogens with zero attached hydrogens (tertiary/aromatic N) is 3. The minimum Gasteiger partial charge on any atom is -0.493 e. The van der Waals surface area contributed by atoms with E-state index >= 15 is 0 Å². The number of carbonyl (C=O) groups is 1. The fourth-order valence-electron chi connectivity index (χ4n) is 3.84. The lowest BCUT2D eigenvalue weighted by Crippen LogP contribution is -2.13. The highest BCUT2D eigenvalue weighted by Crippen LogP contribution is 2.31. The number of hydrogen-bond donors (Lipinski definition) is 1. The quantitative estimate of drug-likeness (QED) is 0.682. The van der Waals surface area contributed by atoms with Gasteiger partial charge in [0.05, 0.1) is 19.8 Å². The van der Waals surface area contributed by atoms with Gasteiger partial charge in [0.1, 0.15) is 5.82 Å². The van der Waals surface area contributed by atoms with Crippen LogP contribution in [0.3, 0.4) is 0 Å². The molecule has 3 aromatic rings. The average Bonchev–Trinajstić information content (AvgIpc) is 3.14. The highest BCUT2D eigenvalue weighted by atomic mass is 16.5. The van der Waals surface area contributed by atoms with Crippen molar-refractivity contribution in [3.8, 4) is 22.9 Å². The molecule has 0 atom stereocenters. The molecular formula is C23H26N4O3. The second-order valence-electron chi connectivity index (χ2n) is 7.33. The van der Waals surface area contributed by atoms with Gasteiger partial charge >= 0.3 is 0 Å². The third-order valence-electron chi connectivity index (χ3n) is 5.41. The molecule has 2 aromatic carbocycles. The van der Waals surface area contributed by atoms with Crippen molar-refractivity contribution in [1.29, 1.82) is 0 Å². The Bertz CT molecular complexity index is 1030. The maximum absolute atomic E-state index is 12.8. The molecule has 0 unspecified atom stereocenters. The molecule has 4 rings (SSSR count). The molecule has 30 heavy (non-hydrogen) atoms. The smallest absolute Gasteiger partial charge is 0.259 e. The molecule has 1 N–H and O–H groups in total. The van der Waals surface area contributed by atoms with Crippen LogP contribution in [0.15, 0.2) is 42.5 Å². The Morgan fingerprint density at radius 3 is 2.53 bits per heavy atom. The number of carbonyl (C=O) groups excluding carboxylic acids is 1. The van der Waals surface area contributed by atoms with Gasteiger partial charge in [-0.25, -0.2) is 0 Å². The number of amides is 1. The zero-order chi connectivity index (χ0) is 20.9. The number of rotatable bonds is 5. The van der Waals surface area contributed by atoms with Gasteiger partial charge in [-0.15, -0.1) is 10.2 Å². The fraction of sp³-hybridized carbons (Fsp3) is 0.348. The molecule has 156 valence electrons. The molecule has 7 heteroatoms. The van der Waals surface area contributed by atoms with Crippen LogP contribution in [0.25, 0.3) is 11.4 Å². The number of fused-ring (bicyclic) bond motifs is 1. The number of ether oxygens (including phenoxy) is 2. The molecule has 1 aliphatic heterocycles. The Morgan fingerprint density at radius 2 is 1.77 bits per heavy atom. The SMILES string of the molecule is COc1cccc(C(=O)Nc2ccc(-c3nnc4n3CCCCCC4)cc2)c1OC. The highest BCUT2D eigenvalue weighted by Gasteiger charge is 2.18. The van der Waals surface area contributed by atoms with Crippen LogP contribution >= 0.6 is 0 Å². The molecule has 0 saturated carbocycles. The molecular weight excluding hydrogens is 380 g/mol. The standard InChI is InChI=1S/C23H26N4O3/c1-29-19-9-7-8-18(21(19)30-2)23(28)24-17-13-11-16(12-14-17)22-26-25-20-10-5-3-4-6-15-27(20)22/h7-9,11-14H,3-6,10,15H2,1-2H3,(H,24,28). The second-order valence-corrected chi connectivity index (χ2v) is 7.33. The Labute approximate surface area is 176 Å². The Kier molecular flexibility index (Phi) is 5.97. The van der Waals surface area contributed by atoms with Crippen molar-refractivity contribution in [3.63, 3.8) is 0 Å². The largest absolute Gasteiger partial charge is 0.493 e. The molecule has 0 fully saturated rings. The molecule has 0 aliphatic carbocycles. The molecule has 1 aromatic heterocycles. The number of benzene rings is 2. The summed E-state index contributed by atoms with van der Waals surface area (Å²) in [5.41, 5.74) is 2.10. The Balaban J connectivity index is 1.53. The predicted octanol–water partition coefficient (Wildman–Crippen LogP) is 4.33. The highest BCUT2D eigenvalue weighted by molar-refractivity contribution is 6.06. The number of para-hydroxylation sites is 1. The first-order valence-corrected chi connectivity index (χ1v) is 10.3. The third kappa shape index (κ3) is 4.01. The van der Waals surface area contributed by atoms with E-state index < -0.39 is 0 Å². The van der Waals surface area contributed by atoms with Gasteiger partial charge in [-0.05, 0) is 49.2 Å². The zero-order valence-corrected chi connectivity index (χ0v) is 17.4. The summed E-state index contributed by atoms with van der Waals surface area (Å²) >= 11 is 0. The van der Waals surface area contributed by atoms with Gasteiger partial charge in [-0.1, -0.05) is 18.9 Å². The van der Waals surface area contributed by atoms with E-state index in [0.29, 0.717) is 22.7 Å². The summed E-state index contributed by atoms with van der Waals surface area (Å²) in [5, 5.41) is 11.7. The number of anilines is 1. The minimum absolute atomic E-state index is 0.258. The number of nitrogens with one attached hydrogen (secondary N) is 1. The van der Waals surface area contributed by atoms with Gasteiger partial charge in [-0.2, -0.15) is 0 Å². The first-order chi connectivity index (χ1) is 14.7. The van der Waals surface area contributed by atoms with Crippen LogP contribution in [0.4, 0.5) is 5.69 Å². The summed E-state index contributed by atoms with van der Waals surface area (Å²) < 4.78 is 12.9. The van der Waals surface area contributed by atoms with Gasteiger partial charge in [-0.3, -0.25) is 4.79 Å². The third-order valence-corrected chi connectivity index (χ3v) is 5.41. The van der Waals surface area contributed by atoms with Crippen LogP contribution in [0.1, 0.15) is 41.9 Å². The molecule has 0 saturated heterocycles. The molecule has 1 amide bonds. The monoisotopic (exact) mass is 406 g/mol. The number of methoxy groups -OCH3 is 2. The topological polar surface area (TPSA) is 78.3 Å². The van der Waals surface area contributed by atoms with E-state index in [2.05, 4.69) is 20.1 Å². The number of aromatic nitrogens is 3. The van der Waals surface area contributed by atoms with Crippen molar-refractivity contribution < 1.29 is 14.3 Å². The summed E-state index contributed by atoms with van der Waals surface area (Å²) in [6.45, 7) is 0.950. The summed E-state index contributed by atoms with van der Waals surface area (Å²) in [6.07, 6.45) is 5.79. The van der Waals surface area contributed by atoms with Crippen LogP contribution in [-0.4, -0.2) is 34.9 Å². The van der Waals surface area contributed by atoms with Gasteiger partial charge in [0.2, 0.25) is 0 Å². The molecule has 0 spiro atoms. The van der Waals surface area contributed by atoms with Crippen LogP contribution in [0, 0.1) is 0 Å². The van der Waals surface area contributed by atoms with Crippen molar-refractivity contribution in [1.82, 2.24) is 14.8 Å². The van der Waals surface area contributed by atoms with Crippen LogP contribution in [0.2, 0.25) is 0 Å². The van der Waals surface area contributed by atoms with Gasteiger partial charge in [0, 0.05) is 24.2 Å². The zero-order valence-electron chi connectivity index (χ0n) is 17.4. The van der Waals surface area contributed by atoms with Crippen molar-refractivity contribution >= 4 is 11.6 Å². The molecule has 7 nitrogen and oxygen atoms in total. The first-order valence-electron chi connectivity index (χ1n) is 10.3. The summed E-state index contributed by atoms with van der Waals surface area (Å²) in [5.74, 6) is 2.62. The van der Waals surface area contributed by atoms with Crippen LogP contribution < -0.4 is 14.8 Å². The Hall–Kier alpha value is -3.35. The minimum atomic E-state index is -0.258. The lowest BCUT2D eigenvalue weighted by atomic mass is 10.1. The number of aryl methyl sites for hydroxylation is 1. The van der Waals surface area contributed by atoms with Crippen molar-refractivity contribution in [2.75, 3.05) is 19.5 Å². The molecule has 0 radical (unpaired) electrons. The van der Waals surface area contributed by atoms with E-state index in [4.69, 9.17) is 9.47 Å². The normalized spacial score (nSPS) is 13.7. The van der Waals surface area contributed by atoms with E-state index in [-0.39, 0.29) is 5.91 Å². The van der Waals surface area contributed by atoms with Crippen molar-refractivity contribution in [3.05, 3.63) is 53.9 Å². The Morgan fingerprint density at radius 1 is 0.967 bits per heavy atom. The average molecular weight is 406 g/mol. The fourth-order valence-corrected chi connectivity index (χ4v) is 3.84. The van der Waals surface area contributed by atoms with E-state index in [1.54, 1.807) is 25.3 Å². The molecule has 2 heterocycles. The molecule has 1 aliphatic rings. The van der Waals surface area contributed by atoms with Gasteiger partial charge in [0.25, 0.3) is 5.91 Å². The van der Waals surface area contributed by atoms with E-state index in [1.165, 1.54) is 20.0 Å². The lowest BCUT2D eigenvalue weighted by Gasteiger charge is -2.14. The van der Waals surface area contributed by atoms with Crippen LogP contribution in [-0.2, 0) is 13.0 Å². The lowest BCUT2D eigenvalue weighted by molar-refractivity contribution is 0.102. The van der Waals surface area contributed by atoms with Crippen molar-refractivity contribution in [2.24, 2.45) is 0 Å². The first kappa shape index (κ1) is 19.9. The van der Waals surface area contributed by atoms with Crippen LogP contribution in [0.5, 0.6) is 11.5 Å². The van der Waals surface area contributed by atoms with Gasteiger partial charge in [0.15, 0.2) is 17.3 Å². The number of hydrogen-bond acceptors (Lipinski definition) is 5. The van der Waals surface area contributed by atoms with E-state index in [9.17, 15) is 4.79 Å².